The molecule has 9 heteroatoms. The van der Waals surface area contributed by atoms with Crippen LogP contribution in [-0.4, -0.2) is 53.4 Å². The Hall–Kier alpha value is -1.51. The first-order chi connectivity index (χ1) is 11.5. The molecule has 2 N–H and O–H groups in total. The van der Waals surface area contributed by atoms with E-state index in [2.05, 4.69) is 10.6 Å². The normalized spacial score (nSPS) is 16.8. The molecule has 2 rings (SSSR count). The molecule has 1 aromatic rings. The maximum absolute atomic E-state index is 12.4. The van der Waals surface area contributed by atoms with Crippen LogP contribution in [0.15, 0.2) is 23.1 Å². The van der Waals surface area contributed by atoms with E-state index >= 15 is 0 Å². The van der Waals surface area contributed by atoms with E-state index in [9.17, 15) is 13.2 Å². The first kappa shape index (κ1) is 21.5. The molecule has 1 aromatic carbocycles. The van der Waals surface area contributed by atoms with E-state index in [4.69, 9.17) is 9.47 Å². The van der Waals surface area contributed by atoms with Gasteiger partial charge in [0.1, 0.15) is 0 Å². The molecule has 0 bridgehead atoms. The first-order valence-corrected chi connectivity index (χ1v) is 9.56. The van der Waals surface area contributed by atoms with E-state index in [1.807, 2.05) is 0 Å². The molecule has 0 spiro atoms. The Kier molecular flexibility index (Phi) is 8.47. The SMILES string of the molecule is COc1ccc(S(=O)(=O)CCC(=O)NCC2CCCN2)cc1OC.Cl. The fourth-order valence-electron chi connectivity index (χ4n) is 2.61. The number of amides is 1. The predicted octanol–water partition coefficient (Wildman–Crippen LogP) is 1.16. The molecular weight excluding hydrogens is 368 g/mol. The van der Waals surface area contributed by atoms with Crippen molar-refractivity contribution < 1.29 is 22.7 Å². The lowest BCUT2D eigenvalue weighted by Gasteiger charge is -2.12. The summed E-state index contributed by atoms with van der Waals surface area (Å²) in [6, 6.07) is 4.69. The molecular formula is C16H25ClN2O5S. The van der Waals surface area contributed by atoms with Crippen LogP contribution in [0, 0.1) is 0 Å². The van der Waals surface area contributed by atoms with E-state index in [-0.39, 0.29) is 41.4 Å². The predicted molar refractivity (Wildman–Crippen MR) is 97.5 cm³/mol. The highest BCUT2D eigenvalue weighted by atomic mass is 35.5. The highest BCUT2D eigenvalue weighted by Gasteiger charge is 2.20. The maximum atomic E-state index is 12.4. The minimum atomic E-state index is -3.56. The highest BCUT2D eigenvalue weighted by Crippen LogP contribution is 2.29. The first-order valence-electron chi connectivity index (χ1n) is 7.91. The molecule has 1 fully saturated rings. The van der Waals surface area contributed by atoms with Crippen LogP contribution >= 0.6 is 12.4 Å². The third kappa shape index (κ3) is 6.05. The Morgan fingerprint density at radius 2 is 2.00 bits per heavy atom. The molecule has 7 nitrogen and oxygen atoms in total. The number of hydrogen-bond donors (Lipinski definition) is 2. The largest absolute Gasteiger partial charge is 0.493 e. The van der Waals surface area contributed by atoms with Crippen molar-refractivity contribution >= 4 is 28.2 Å². The minimum Gasteiger partial charge on any atom is -0.493 e. The summed E-state index contributed by atoms with van der Waals surface area (Å²) in [5, 5.41) is 6.05. The molecule has 142 valence electrons. The number of carbonyl (C=O) groups excluding carboxylic acids is 1. The van der Waals surface area contributed by atoms with Crippen LogP contribution < -0.4 is 20.1 Å². The number of carbonyl (C=O) groups is 1. The van der Waals surface area contributed by atoms with Crippen LogP contribution in [0.25, 0.3) is 0 Å². The van der Waals surface area contributed by atoms with E-state index < -0.39 is 9.84 Å². The number of benzene rings is 1. The monoisotopic (exact) mass is 392 g/mol. The van der Waals surface area contributed by atoms with Crippen LogP contribution in [0.2, 0.25) is 0 Å². The van der Waals surface area contributed by atoms with Crippen LogP contribution in [-0.2, 0) is 14.6 Å². The van der Waals surface area contributed by atoms with Gasteiger partial charge in [-0.1, -0.05) is 0 Å². The number of methoxy groups -OCH3 is 2. The van der Waals surface area contributed by atoms with Crippen LogP contribution in [0.4, 0.5) is 0 Å². The second kappa shape index (κ2) is 9.84. The van der Waals surface area contributed by atoms with Gasteiger partial charge >= 0.3 is 0 Å². The number of halogens is 1. The van der Waals surface area contributed by atoms with Crippen molar-refractivity contribution in [3.63, 3.8) is 0 Å². The Labute approximate surface area is 154 Å². The molecule has 0 aromatic heterocycles. The summed E-state index contributed by atoms with van der Waals surface area (Å²) in [7, 11) is -0.637. The van der Waals surface area contributed by atoms with Crippen molar-refractivity contribution in [1.82, 2.24) is 10.6 Å². The van der Waals surface area contributed by atoms with Crippen LogP contribution in [0.5, 0.6) is 11.5 Å². The van der Waals surface area contributed by atoms with E-state index in [0.29, 0.717) is 18.0 Å². The number of rotatable bonds is 8. The second-order valence-electron chi connectivity index (χ2n) is 5.68. The van der Waals surface area contributed by atoms with Gasteiger partial charge in [0, 0.05) is 25.1 Å². The molecule has 1 saturated heterocycles. The maximum Gasteiger partial charge on any atom is 0.221 e. The summed E-state index contributed by atoms with van der Waals surface area (Å²) in [5.41, 5.74) is 0. The van der Waals surface area contributed by atoms with E-state index in [1.165, 1.54) is 32.4 Å². The average molecular weight is 393 g/mol. The lowest BCUT2D eigenvalue weighted by atomic mass is 10.2. The zero-order valence-corrected chi connectivity index (χ0v) is 16.0. The van der Waals surface area contributed by atoms with Gasteiger partial charge in [0.05, 0.1) is 24.9 Å². The molecule has 0 saturated carbocycles. The molecule has 0 radical (unpaired) electrons. The Morgan fingerprint density at radius 3 is 2.60 bits per heavy atom. The number of sulfone groups is 1. The molecule has 1 aliphatic rings. The standard InChI is InChI=1S/C16H24N2O5S.ClH/c1-22-14-6-5-13(10-15(14)23-2)24(20,21)9-7-16(19)18-11-12-4-3-8-17-12;/h5-6,10,12,17H,3-4,7-9,11H2,1-2H3,(H,18,19);1H. The Balaban J connectivity index is 0.00000312. The number of hydrogen-bond acceptors (Lipinski definition) is 6. The van der Waals surface area contributed by atoms with E-state index in [0.717, 1.165) is 19.4 Å². The quantitative estimate of drug-likeness (QED) is 0.689. The van der Waals surface area contributed by atoms with Crippen molar-refractivity contribution in [2.24, 2.45) is 0 Å². The van der Waals surface area contributed by atoms with Crippen LogP contribution in [0.1, 0.15) is 19.3 Å². The van der Waals surface area contributed by atoms with Gasteiger partial charge in [0.15, 0.2) is 21.3 Å². The van der Waals surface area contributed by atoms with Gasteiger partial charge < -0.3 is 20.1 Å². The zero-order valence-electron chi connectivity index (χ0n) is 14.4. The molecule has 1 atom stereocenters. The zero-order chi connectivity index (χ0) is 17.6. The summed E-state index contributed by atoms with van der Waals surface area (Å²) in [6.07, 6.45) is 2.07. The number of ether oxygens (including phenoxy) is 2. The molecule has 1 heterocycles. The van der Waals surface area contributed by atoms with Gasteiger partial charge in [-0.3, -0.25) is 4.79 Å². The minimum absolute atomic E-state index is 0. The Morgan fingerprint density at radius 1 is 1.28 bits per heavy atom. The van der Waals surface area contributed by atoms with Gasteiger partial charge in [-0.05, 0) is 31.5 Å². The van der Waals surface area contributed by atoms with Gasteiger partial charge in [0.25, 0.3) is 0 Å². The molecule has 1 aliphatic heterocycles. The van der Waals surface area contributed by atoms with Gasteiger partial charge in [-0.25, -0.2) is 8.42 Å². The third-order valence-corrected chi connectivity index (χ3v) is 5.73. The van der Waals surface area contributed by atoms with Crippen LogP contribution in [0.3, 0.4) is 0 Å². The summed E-state index contributed by atoms with van der Waals surface area (Å²) < 4.78 is 35.0. The molecule has 1 unspecified atom stereocenters. The smallest absolute Gasteiger partial charge is 0.221 e. The van der Waals surface area contributed by atoms with Gasteiger partial charge in [-0.15, -0.1) is 12.4 Å². The molecule has 1 amide bonds. The topological polar surface area (TPSA) is 93.7 Å². The lowest BCUT2D eigenvalue weighted by molar-refractivity contribution is -0.120. The van der Waals surface area contributed by atoms with Gasteiger partial charge in [0.2, 0.25) is 5.91 Å². The summed E-state index contributed by atoms with van der Waals surface area (Å²) in [6.45, 7) is 1.50. The number of nitrogens with one attached hydrogen (secondary N) is 2. The van der Waals surface area contributed by atoms with E-state index in [1.54, 1.807) is 0 Å². The average Bonchev–Trinajstić information content (AvgIpc) is 3.11. The fraction of sp³-hybridized carbons (Fsp3) is 0.562. The molecule has 0 aliphatic carbocycles. The van der Waals surface area contributed by atoms with Crippen molar-refractivity contribution in [2.75, 3.05) is 33.1 Å². The van der Waals surface area contributed by atoms with Crippen molar-refractivity contribution in [3.05, 3.63) is 18.2 Å². The third-order valence-electron chi connectivity index (χ3n) is 4.02. The molecule has 25 heavy (non-hydrogen) atoms. The van der Waals surface area contributed by atoms with Crippen molar-refractivity contribution in [2.45, 2.75) is 30.2 Å². The van der Waals surface area contributed by atoms with Gasteiger partial charge in [-0.2, -0.15) is 0 Å². The Bertz CT molecular complexity index is 675. The van der Waals surface area contributed by atoms with Crippen molar-refractivity contribution in [1.29, 1.82) is 0 Å². The summed E-state index contributed by atoms with van der Waals surface area (Å²) in [5.74, 6) is 0.299. The summed E-state index contributed by atoms with van der Waals surface area (Å²) in [4.78, 5) is 12.0. The summed E-state index contributed by atoms with van der Waals surface area (Å²) >= 11 is 0. The highest BCUT2D eigenvalue weighted by molar-refractivity contribution is 7.91. The second-order valence-corrected chi connectivity index (χ2v) is 7.79. The fourth-order valence-corrected chi connectivity index (χ4v) is 3.86. The van der Waals surface area contributed by atoms with Crippen molar-refractivity contribution in [3.8, 4) is 11.5 Å². The lowest BCUT2D eigenvalue weighted by Crippen LogP contribution is -2.37.